The van der Waals surface area contributed by atoms with Gasteiger partial charge in [0.2, 0.25) is 0 Å². The van der Waals surface area contributed by atoms with Gasteiger partial charge in [-0.3, -0.25) is 0 Å². The van der Waals surface area contributed by atoms with Gasteiger partial charge in [-0.15, -0.1) is 15.3 Å². The van der Waals surface area contributed by atoms with Crippen LogP contribution in [0.4, 0.5) is 0 Å². The summed E-state index contributed by atoms with van der Waals surface area (Å²) < 4.78 is 5.07. The summed E-state index contributed by atoms with van der Waals surface area (Å²) in [5.41, 5.74) is 6.65. The van der Waals surface area contributed by atoms with E-state index in [0.29, 0.717) is 5.01 Å². The number of aromatic nitrogens is 2. The molecule has 0 fully saturated rings. The highest BCUT2D eigenvalue weighted by atomic mass is 32.1. The lowest BCUT2D eigenvalue weighted by atomic mass is 10.2. The van der Waals surface area contributed by atoms with E-state index < -0.39 is 0 Å². The normalized spacial score (nSPS) is 12.0. The second-order valence-corrected chi connectivity index (χ2v) is 4.81. The molecule has 6 nitrogen and oxygen atoms in total. The van der Waals surface area contributed by atoms with Crippen LogP contribution in [0.2, 0.25) is 0 Å². The minimum absolute atomic E-state index is 0.260. The zero-order valence-electron chi connectivity index (χ0n) is 10.6. The van der Waals surface area contributed by atoms with E-state index in [9.17, 15) is 0 Å². The van der Waals surface area contributed by atoms with Crippen LogP contribution in [0.1, 0.15) is 15.6 Å². The number of rotatable bonds is 4. The molecule has 7 heteroatoms. The average molecular weight is 275 g/mol. The van der Waals surface area contributed by atoms with Crippen LogP contribution in [0.5, 0.6) is 5.75 Å². The van der Waals surface area contributed by atoms with Crippen molar-refractivity contribution in [2.45, 2.75) is 6.92 Å². The Morgan fingerprint density at radius 3 is 2.63 bits per heavy atom. The molecular formula is C12H13N5OS. The molecule has 0 unspecified atom stereocenters. The highest BCUT2D eigenvalue weighted by molar-refractivity contribution is 7.13. The molecule has 0 saturated heterocycles. The minimum Gasteiger partial charge on any atom is -0.497 e. The van der Waals surface area contributed by atoms with Crippen molar-refractivity contribution in [2.24, 2.45) is 15.9 Å². The van der Waals surface area contributed by atoms with E-state index in [1.54, 1.807) is 13.3 Å². The van der Waals surface area contributed by atoms with Crippen molar-refractivity contribution in [3.8, 4) is 5.75 Å². The van der Waals surface area contributed by atoms with E-state index in [0.717, 1.165) is 16.3 Å². The largest absolute Gasteiger partial charge is 0.497 e. The molecule has 0 aliphatic rings. The Labute approximate surface area is 114 Å². The van der Waals surface area contributed by atoms with E-state index in [-0.39, 0.29) is 5.84 Å². The third-order valence-electron chi connectivity index (χ3n) is 2.23. The van der Waals surface area contributed by atoms with Gasteiger partial charge in [-0.05, 0) is 36.8 Å². The lowest BCUT2D eigenvalue weighted by molar-refractivity contribution is 0.415. The van der Waals surface area contributed by atoms with Crippen molar-refractivity contribution in [3.63, 3.8) is 0 Å². The van der Waals surface area contributed by atoms with Crippen molar-refractivity contribution < 1.29 is 4.74 Å². The SMILES string of the molecule is COc1ccc(/C=N/N=C(\N)c2nnc(C)s2)cc1. The molecule has 0 amide bonds. The van der Waals surface area contributed by atoms with E-state index in [1.807, 2.05) is 31.2 Å². The summed E-state index contributed by atoms with van der Waals surface area (Å²) in [4.78, 5) is 0. The van der Waals surface area contributed by atoms with Gasteiger partial charge in [-0.1, -0.05) is 11.3 Å². The molecule has 1 aromatic heterocycles. The number of nitrogens with two attached hydrogens (primary N) is 1. The quantitative estimate of drug-likeness (QED) is 0.521. The fourth-order valence-corrected chi connectivity index (χ4v) is 1.88. The van der Waals surface area contributed by atoms with Crippen molar-refractivity contribution in [1.82, 2.24) is 10.2 Å². The van der Waals surface area contributed by atoms with E-state index in [2.05, 4.69) is 20.4 Å². The van der Waals surface area contributed by atoms with Crippen LogP contribution in [-0.4, -0.2) is 29.4 Å². The number of amidine groups is 1. The number of nitrogens with zero attached hydrogens (tertiary/aromatic N) is 4. The van der Waals surface area contributed by atoms with Crippen LogP contribution in [0, 0.1) is 6.92 Å². The molecule has 0 atom stereocenters. The highest BCUT2D eigenvalue weighted by Crippen LogP contribution is 2.10. The third kappa shape index (κ3) is 3.59. The van der Waals surface area contributed by atoms with Crippen LogP contribution in [-0.2, 0) is 0 Å². The van der Waals surface area contributed by atoms with E-state index >= 15 is 0 Å². The molecule has 1 heterocycles. The summed E-state index contributed by atoms with van der Waals surface area (Å²) in [5.74, 6) is 1.06. The third-order valence-corrected chi connectivity index (χ3v) is 3.09. The predicted octanol–water partition coefficient (Wildman–Crippen LogP) is 1.59. The summed E-state index contributed by atoms with van der Waals surface area (Å²) in [6.07, 6.45) is 1.61. The molecule has 2 aromatic rings. The zero-order valence-corrected chi connectivity index (χ0v) is 11.4. The van der Waals surface area contributed by atoms with Crippen molar-refractivity contribution in [2.75, 3.05) is 7.11 Å². The van der Waals surface area contributed by atoms with Crippen LogP contribution in [0.15, 0.2) is 34.5 Å². The van der Waals surface area contributed by atoms with E-state index in [1.165, 1.54) is 11.3 Å². The summed E-state index contributed by atoms with van der Waals surface area (Å²) >= 11 is 1.38. The maximum atomic E-state index is 5.74. The van der Waals surface area contributed by atoms with Crippen molar-refractivity contribution >= 4 is 23.4 Å². The highest BCUT2D eigenvalue weighted by Gasteiger charge is 2.03. The van der Waals surface area contributed by atoms with E-state index in [4.69, 9.17) is 10.5 Å². The Balaban J connectivity index is 2.05. The lowest BCUT2D eigenvalue weighted by Crippen LogP contribution is -2.12. The molecular weight excluding hydrogens is 262 g/mol. The Morgan fingerprint density at radius 1 is 1.32 bits per heavy atom. The van der Waals surface area contributed by atoms with Gasteiger partial charge in [0, 0.05) is 0 Å². The molecule has 0 spiro atoms. The lowest BCUT2D eigenvalue weighted by Gasteiger charge is -1.97. The summed E-state index contributed by atoms with van der Waals surface area (Å²) in [5, 5.41) is 17.0. The fraction of sp³-hybridized carbons (Fsp3) is 0.167. The maximum absolute atomic E-state index is 5.74. The molecule has 0 aliphatic carbocycles. The van der Waals surface area contributed by atoms with Crippen LogP contribution in [0.25, 0.3) is 0 Å². The Bertz CT molecular complexity index is 603. The standard InChI is InChI=1S/C12H13N5OS/c1-8-15-17-12(19-8)11(13)16-14-7-9-3-5-10(18-2)6-4-9/h3-7H,1-2H3,(H2,13,16)/b14-7+. The first-order valence-electron chi connectivity index (χ1n) is 5.50. The Morgan fingerprint density at radius 2 is 2.05 bits per heavy atom. The van der Waals surface area contributed by atoms with Gasteiger partial charge in [-0.2, -0.15) is 5.10 Å². The first-order valence-corrected chi connectivity index (χ1v) is 6.31. The van der Waals surface area contributed by atoms with Gasteiger partial charge in [0.05, 0.1) is 13.3 Å². The number of hydrogen-bond acceptors (Lipinski definition) is 6. The van der Waals surface area contributed by atoms with Gasteiger partial charge in [-0.25, -0.2) is 0 Å². The molecule has 98 valence electrons. The molecule has 0 saturated carbocycles. The van der Waals surface area contributed by atoms with Gasteiger partial charge >= 0.3 is 0 Å². The monoisotopic (exact) mass is 275 g/mol. The number of ether oxygens (including phenoxy) is 1. The second kappa shape index (κ2) is 6.05. The minimum atomic E-state index is 0.260. The average Bonchev–Trinajstić information content (AvgIpc) is 2.86. The summed E-state index contributed by atoms with van der Waals surface area (Å²) in [6.45, 7) is 1.86. The number of benzene rings is 1. The molecule has 1 aromatic carbocycles. The van der Waals surface area contributed by atoms with Crippen molar-refractivity contribution in [1.29, 1.82) is 0 Å². The number of methoxy groups -OCH3 is 1. The molecule has 2 N–H and O–H groups in total. The molecule has 0 radical (unpaired) electrons. The maximum Gasteiger partial charge on any atom is 0.184 e. The topological polar surface area (TPSA) is 85.8 Å². The van der Waals surface area contributed by atoms with Crippen LogP contribution >= 0.6 is 11.3 Å². The Hall–Kier alpha value is -2.28. The molecule has 0 aliphatic heterocycles. The zero-order chi connectivity index (χ0) is 13.7. The number of hydrogen-bond donors (Lipinski definition) is 1. The second-order valence-electron chi connectivity index (χ2n) is 3.63. The first-order chi connectivity index (χ1) is 9.19. The molecule has 19 heavy (non-hydrogen) atoms. The van der Waals surface area contributed by atoms with Gasteiger partial charge in [0.15, 0.2) is 10.8 Å². The van der Waals surface area contributed by atoms with Gasteiger partial charge in [0.25, 0.3) is 0 Å². The van der Waals surface area contributed by atoms with Crippen LogP contribution in [0.3, 0.4) is 0 Å². The van der Waals surface area contributed by atoms with Gasteiger partial charge < -0.3 is 10.5 Å². The fourth-order valence-electron chi connectivity index (χ4n) is 1.29. The van der Waals surface area contributed by atoms with Gasteiger partial charge in [0.1, 0.15) is 10.8 Å². The summed E-state index contributed by atoms with van der Waals surface area (Å²) in [6, 6.07) is 7.46. The molecule has 2 rings (SSSR count). The Kier molecular flexibility index (Phi) is 4.19. The first kappa shape index (κ1) is 13.2. The predicted molar refractivity (Wildman–Crippen MR) is 76.0 cm³/mol. The summed E-state index contributed by atoms with van der Waals surface area (Å²) in [7, 11) is 1.62. The molecule has 0 bridgehead atoms. The number of aryl methyl sites for hydroxylation is 1. The smallest absolute Gasteiger partial charge is 0.184 e. The van der Waals surface area contributed by atoms with Crippen molar-refractivity contribution in [3.05, 3.63) is 39.8 Å². The van der Waals surface area contributed by atoms with Crippen LogP contribution < -0.4 is 10.5 Å².